The van der Waals surface area contributed by atoms with Crippen LogP contribution in [-0.2, 0) is 4.74 Å². The van der Waals surface area contributed by atoms with E-state index in [2.05, 4.69) is 0 Å². The van der Waals surface area contributed by atoms with Gasteiger partial charge in [0.15, 0.2) is 0 Å². The Morgan fingerprint density at radius 2 is 2.05 bits per heavy atom. The molecule has 106 valence electrons. The topological polar surface area (TPSA) is 61.5 Å². The lowest BCUT2D eigenvalue weighted by molar-refractivity contribution is -0.817. The molecule has 0 heterocycles. The van der Waals surface area contributed by atoms with Crippen LogP contribution in [0, 0.1) is 6.92 Å². The van der Waals surface area contributed by atoms with Gasteiger partial charge in [-0.3, -0.25) is 0 Å². The van der Waals surface area contributed by atoms with E-state index in [9.17, 15) is 4.79 Å². The fourth-order valence-corrected chi connectivity index (χ4v) is 1.52. The molecular formula is C14H23N2O3+. The van der Waals surface area contributed by atoms with Crippen LogP contribution in [0.2, 0.25) is 0 Å². The van der Waals surface area contributed by atoms with E-state index >= 15 is 0 Å². The monoisotopic (exact) mass is 267 g/mol. The highest BCUT2D eigenvalue weighted by Crippen LogP contribution is 2.18. The molecule has 0 aliphatic carbocycles. The number of rotatable bonds is 5. The third-order valence-electron chi connectivity index (χ3n) is 2.92. The molecule has 1 aromatic rings. The van der Waals surface area contributed by atoms with Gasteiger partial charge in [0.2, 0.25) is 0 Å². The number of benzene rings is 1. The molecule has 0 aliphatic heterocycles. The predicted molar refractivity (Wildman–Crippen MR) is 75.1 cm³/mol. The van der Waals surface area contributed by atoms with E-state index < -0.39 is 0 Å². The highest BCUT2D eigenvalue weighted by atomic mass is 16.6. The van der Waals surface area contributed by atoms with E-state index in [4.69, 9.17) is 15.2 Å². The van der Waals surface area contributed by atoms with Gasteiger partial charge >= 0.3 is 6.09 Å². The molecule has 0 aromatic heterocycles. The molecule has 19 heavy (non-hydrogen) atoms. The molecule has 5 nitrogen and oxygen atoms in total. The van der Waals surface area contributed by atoms with E-state index in [1.807, 2.05) is 25.1 Å². The summed E-state index contributed by atoms with van der Waals surface area (Å²) in [6.07, 6.45) is -0.250. The number of ether oxygens (including phenoxy) is 2. The quantitative estimate of drug-likeness (QED) is 0.656. The molecule has 1 aromatic carbocycles. The third kappa shape index (κ3) is 4.44. The zero-order valence-electron chi connectivity index (χ0n) is 12.1. The summed E-state index contributed by atoms with van der Waals surface area (Å²) in [6, 6.07) is 5.53. The first kappa shape index (κ1) is 15.3. The van der Waals surface area contributed by atoms with Crippen LogP contribution in [0.3, 0.4) is 0 Å². The maximum absolute atomic E-state index is 11.7. The number of likely N-dealkylation sites (N-methyl/N-ethyl adjacent to an activating group) is 1. The average Bonchev–Trinajstić information content (AvgIpc) is 2.34. The van der Waals surface area contributed by atoms with Crippen molar-refractivity contribution in [3.8, 4) is 5.75 Å². The summed E-state index contributed by atoms with van der Waals surface area (Å²) in [5.41, 5.74) is 7.47. The van der Waals surface area contributed by atoms with Gasteiger partial charge in [0.25, 0.3) is 0 Å². The van der Waals surface area contributed by atoms with Gasteiger partial charge in [-0.15, -0.1) is 0 Å². The Kier molecular flexibility index (Phi) is 5.18. The molecule has 0 aliphatic rings. The molecule has 2 N–H and O–H groups in total. The first-order valence-corrected chi connectivity index (χ1v) is 6.36. The Bertz CT molecular complexity index is 444. The Morgan fingerprint density at radius 3 is 2.63 bits per heavy atom. The second-order valence-corrected chi connectivity index (χ2v) is 4.97. The van der Waals surface area contributed by atoms with E-state index in [-0.39, 0.29) is 10.6 Å². The zero-order chi connectivity index (χ0) is 14.5. The summed E-state index contributed by atoms with van der Waals surface area (Å²) in [6.45, 7) is 5.10. The Balaban J connectivity index is 2.49. The Labute approximate surface area is 114 Å². The van der Waals surface area contributed by atoms with Gasteiger partial charge < -0.3 is 15.2 Å². The number of nitrogens with zero attached hydrogens (tertiary/aromatic N) is 1. The van der Waals surface area contributed by atoms with Crippen molar-refractivity contribution < 1.29 is 18.8 Å². The summed E-state index contributed by atoms with van der Waals surface area (Å²) in [7, 11) is 3.60. The van der Waals surface area contributed by atoms with Gasteiger partial charge in [0.05, 0.1) is 20.7 Å². The number of nitrogens with two attached hydrogens (primary N) is 1. The van der Waals surface area contributed by atoms with Gasteiger partial charge in [-0.2, -0.15) is 4.79 Å². The van der Waals surface area contributed by atoms with Crippen LogP contribution in [0.1, 0.15) is 12.5 Å². The maximum atomic E-state index is 11.7. The minimum absolute atomic E-state index is 0.141. The van der Waals surface area contributed by atoms with Gasteiger partial charge in [0.1, 0.15) is 18.9 Å². The molecule has 0 saturated heterocycles. The van der Waals surface area contributed by atoms with Crippen LogP contribution in [0.4, 0.5) is 10.5 Å². The standard InChI is InChI=1S/C14H23N2O3/c1-5-18-14(17)16(3,4)8-9-19-12-6-7-13(15)11(2)10-12/h6-7,10H,5,8-9,15H2,1-4H3/q+1. The molecule has 5 heteroatoms. The van der Waals surface area contributed by atoms with Gasteiger partial charge in [-0.05, 0) is 37.6 Å². The van der Waals surface area contributed by atoms with E-state index in [1.54, 1.807) is 21.0 Å². The number of carbonyl (C=O) groups is 1. The van der Waals surface area contributed by atoms with Gasteiger partial charge in [-0.25, -0.2) is 4.48 Å². The fraction of sp³-hybridized carbons (Fsp3) is 0.500. The molecule has 0 saturated carbocycles. The number of carbonyl (C=O) groups excluding carboxylic acids is 1. The van der Waals surface area contributed by atoms with E-state index in [0.29, 0.717) is 19.8 Å². The van der Waals surface area contributed by atoms with Crippen molar-refractivity contribution in [3.05, 3.63) is 23.8 Å². The molecule has 1 amide bonds. The first-order valence-electron chi connectivity index (χ1n) is 6.36. The highest BCUT2D eigenvalue weighted by molar-refractivity contribution is 5.59. The smallest absolute Gasteiger partial charge is 0.488 e. The fourth-order valence-electron chi connectivity index (χ4n) is 1.52. The minimum atomic E-state index is -0.250. The molecule has 0 spiro atoms. The summed E-state index contributed by atoms with van der Waals surface area (Å²) < 4.78 is 10.8. The zero-order valence-corrected chi connectivity index (χ0v) is 12.1. The number of amides is 1. The molecule has 1 rings (SSSR count). The van der Waals surface area contributed by atoms with Crippen LogP contribution < -0.4 is 10.5 Å². The van der Waals surface area contributed by atoms with Crippen molar-refractivity contribution in [2.75, 3.05) is 39.6 Å². The van der Waals surface area contributed by atoms with E-state index in [1.165, 1.54) is 0 Å². The summed E-state index contributed by atoms with van der Waals surface area (Å²) >= 11 is 0. The summed E-state index contributed by atoms with van der Waals surface area (Å²) in [5.74, 6) is 0.760. The highest BCUT2D eigenvalue weighted by Gasteiger charge is 2.27. The molecule has 0 fully saturated rings. The van der Waals surface area contributed by atoms with Crippen LogP contribution in [-0.4, -0.2) is 44.4 Å². The number of anilines is 1. The van der Waals surface area contributed by atoms with Crippen LogP contribution in [0.25, 0.3) is 0 Å². The lowest BCUT2D eigenvalue weighted by Crippen LogP contribution is -2.48. The predicted octanol–water partition coefficient (Wildman–Crippen LogP) is 2.19. The van der Waals surface area contributed by atoms with Crippen molar-refractivity contribution in [2.24, 2.45) is 0 Å². The average molecular weight is 267 g/mol. The lowest BCUT2D eigenvalue weighted by Gasteiger charge is -2.24. The van der Waals surface area contributed by atoms with Crippen LogP contribution in [0.5, 0.6) is 5.75 Å². The molecule has 0 atom stereocenters. The normalized spacial score (nSPS) is 11.2. The first-order chi connectivity index (χ1) is 8.86. The van der Waals surface area contributed by atoms with Crippen molar-refractivity contribution in [3.63, 3.8) is 0 Å². The Morgan fingerprint density at radius 1 is 1.37 bits per heavy atom. The molecule has 0 bridgehead atoms. The lowest BCUT2D eigenvalue weighted by atomic mass is 10.2. The van der Waals surface area contributed by atoms with Gasteiger partial charge in [0, 0.05) is 5.69 Å². The molecular weight excluding hydrogens is 244 g/mol. The second-order valence-electron chi connectivity index (χ2n) is 4.97. The molecule has 0 radical (unpaired) electrons. The van der Waals surface area contributed by atoms with Crippen molar-refractivity contribution in [1.29, 1.82) is 0 Å². The largest absolute Gasteiger partial charge is 0.515 e. The molecule has 0 unspecified atom stereocenters. The van der Waals surface area contributed by atoms with E-state index in [0.717, 1.165) is 17.0 Å². The second kappa shape index (κ2) is 6.43. The van der Waals surface area contributed by atoms with Crippen molar-refractivity contribution in [1.82, 2.24) is 0 Å². The van der Waals surface area contributed by atoms with Crippen LogP contribution >= 0.6 is 0 Å². The maximum Gasteiger partial charge on any atom is 0.515 e. The van der Waals surface area contributed by atoms with Crippen LogP contribution in [0.15, 0.2) is 18.2 Å². The number of nitrogen functional groups attached to an aromatic ring is 1. The summed E-state index contributed by atoms with van der Waals surface area (Å²) in [4.78, 5) is 11.7. The number of quaternary nitrogens is 1. The number of hydrogen-bond donors (Lipinski definition) is 1. The number of hydrogen-bond acceptors (Lipinski definition) is 4. The minimum Gasteiger partial charge on any atom is -0.488 e. The SMILES string of the molecule is CCOC(=O)[N+](C)(C)CCOc1ccc(N)c(C)c1. The summed E-state index contributed by atoms with van der Waals surface area (Å²) in [5, 5.41) is 0. The van der Waals surface area contributed by atoms with Crippen molar-refractivity contribution >= 4 is 11.8 Å². The van der Waals surface area contributed by atoms with Gasteiger partial charge in [-0.1, -0.05) is 0 Å². The number of aryl methyl sites for hydroxylation is 1. The third-order valence-corrected chi connectivity index (χ3v) is 2.92. The Hall–Kier alpha value is -1.75. The van der Waals surface area contributed by atoms with Crippen molar-refractivity contribution in [2.45, 2.75) is 13.8 Å².